The lowest BCUT2D eigenvalue weighted by Gasteiger charge is -2.22. The molecule has 0 radical (unpaired) electrons. The Morgan fingerprint density at radius 1 is 1.30 bits per heavy atom. The molecule has 0 bridgehead atoms. The molecule has 4 nitrogen and oxygen atoms in total. The standard InChI is InChI=1S/C14H18Cl2N2O2/c1-3-4-14(20)17-7-8-18(10(2)19)13-9-11(15)5-6-12(13)16/h5-6,9H,3-4,7-8H2,1-2H3,(H,17,20). The van der Waals surface area contributed by atoms with E-state index >= 15 is 0 Å². The Kier molecular flexibility index (Phi) is 6.82. The first-order chi connectivity index (χ1) is 9.45. The van der Waals surface area contributed by atoms with E-state index in [9.17, 15) is 9.59 Å². The summed E-state index contributed by atoms with van der Waals surface area (Å²) in [6.45, 7) is 4.12. The fourth-order valence-electron chi connectivity index (χ4n) is 1.76. The van der Waals surface area contributed by atoms with Crippen molar-refractivity contribution >= 4 is 40.7 Å². The van der Waals surface area contributed by atoms with E-state index in [1.165, 1.54) is 11.8 Å². The van der Waals surface area contributed by atoms with E-state index in [4.69, 9.17) is 23.2 Å². The monoisotopic (exact) mass is 316 g/mol. The Bertz CT molecular complexity index is 492. The maximum Gasteiger partial charge on any atom is 0.223 e. The van der Waals surface area contributed by atoms with Gasteiger partial charge < -0.3 is 10.2 Å². The highest BCUT2D eigenvalue weighted by Crippen LogP contribution is 2.28. The molecule has 0 aliphatic carbocycles. The lowest BCUT2D eigenvalue weighted by molar-refractivity contribution is -0.121. The molecule has 0 spiro atoms. The van der Waals surface area contributed by atoms with Crippen molar-refractivity contribution in [1.82, 2.24) is 5.32 Å². The Hall–Kier alpha value is -1.26. The minimum absolute atomic E-state index is 0.0202. The maximum absolute atomic E-state index is 11.7. The van der Waals surface area contributed by atoms with Gasteiger partial charge in [0.25, 0.3) is 0 Å². The molecule has 1 aromatic carbocycles. The second-order valence-electron chi connectivity index (χ2n) is 4.37. The van der Waals surface area contributed by atoms with Gasteiger partial charge in [0.1, 0.15) is 0 Å². The molecule has 0 heterocycles. The Morgan fingerprint density at radius 3 is 2.60 bits per heavy atom. The summed E-state index contributed by atoms with van der Waals surface area (Å²) < 4.78 is 0. The van der Waals surface area contributed by atoms with E-state index in [1.54, 1.807) is 18.2 Å². The number of hydrogen-bond acceptors (Lipinski definition) is 2. The Balaban J connectivity index is 2.72. The summed E-state index contributed by atoms with van der Waals surface area (Å²) in [5.74, 6) is -0.174. The molecule has 2 amide bonds. The number of nitrogens with zero attached hydrogens (tertiary/aromatic N) is 1. The first-order valence-corrected chi connectivity index (χ1v) is 7.21. The smallest absolute Gasteiger partial charge is 0.223 e. The average Bonchev–Trinajstić information content (AvgIpc) is 2.38. The number of rotatable bonds is 6. The third kappa shape index (κ3) is 5.02. The molecule has 1 rings (SSSR count). The fourth-order valence-corrected chi connectivity index (χ4v) is 2.15. The average molecular weight is 317 g/mol. The Labute approximate surface area is 129 Å². The number of anilines is 1. The van der Waals surface area contributed by atoms with E-state index in [-0.39, 0.29) is 11.8 Å². The van der Waals surface area contributed by atoms with Crippen LogP contribution in [0.1, 0.15) is 26.7 Å². The van der Waals surface area contributed by atoms with Crippen LogP contribution >= 0.6 is 23.2 Å². The molecule has 0 fully saturated rings. The number of benzene rings is 1. The van der Waals surface area contributed by atoms with Gasteiger partial charge in [-0.3, -0.25) is 9.59 Å². The molecule has 0 aliphatic rings. The van der Waals surface area contributed by atoms with Gasteiger partial charge in [0.15, 0.2) is 0 Å². The van der Waals surface area contributed by atoms with Crippen molar-refractivity contribution in [2.75, 3.05) is 18.0 Å². The van der Waals surface area contributed by atoms with Crippen molar-refractivity contribution in [3.05, 3.63) is 28.2 Å². The van der Waals surface area contributed by atoms with Crippen molar-refractivity contribution in [3.8, 4) is 0 Å². The largest absolute Gasteiger partial charge is 0.354 e. The normalized spacial score (nSPS) is 10.2. The second kappa shape index (κ2) is 8.12. The first kappa shape index (κ1) is 16.8. The van der Waals surface area contributed by atoms with Gasteiger partial charge >= 0.3 is 0 Å². The molecule has 110 valence electrons. The van der Waals surface area contributed by atoms with Crippen LogP contribution in [0, 0.1) is 0 Å². The van der Waals surface area contributed by atoms with Gasteiger partial charge in [0.2, 0.25) is 11.8 Å². The van der Waals surface area contributed by atoms with Crippen LogP contribution in [0.4, 0.5) is 5.69 Å². The van der Waals surface area contributed by atoms with Gasteiger partial charge in [-0.1, -0.05) is 30.1 Å². The molecule has 0 aromatic heterocycles. The zero-order chi connectivity index (χ0) is 15.1. The molecule has 1 N–H and O–H groups in total. The molecule has 0 saturated carbocycles. The topological polar surface area (TPSA) is 49.4 Å². The highest BCUT2D eigenvalue weighted by atomic mass is 35.5. The molecule has 20 heavy (non-hydrogen) atoms. The molecule has 1 aromatic rings. The summed E-state index contributed by atoms with van der Waals surface area (Å²) in [5, 5.41) is 3.72. The van der Waals surface area contributed by atoms with Crippen LogP contribution in [0.5, 0.6) is 0 Å². The second-order valence-corrected chi connectivity index (χ2v) is 5.21. The van der Waals surface area contributed by atoms with Crippen molar-refractivity contribution in [3.63, 3.8) is 0 Å². The zero-order valence-electron chi connectivity index (χ0n) is 11.6. The van der Waals surface area contributed by atoms with Crippen molar-refractivity contribution < 1.29 is 9.59 Å². The first-order valence-electron chi connectivity index (χ1n) is 6.45. The fraction of sp³-hybridized carbons (Fsp3) is 0.429. The van der Waals surface area contributed by atoms with Gasteiger partial charge in [-0.2, -0.15) is 0 Å². The zero-order valence-corrected chi connectivity index (χ0v) is 13.1. The number of amides is 2. The summed E-state index contributed by atoms with van der Waals surface area (Å²) in [7, 11) is 0. The number of carbonyl (C=O) groups excluding carboxylic acids is 2. The van der Waals surface area contributed by atoms with Crippen LogP contribution in [0.15, 0.2) is 18.2 Å². The van der Waals surface area contributed by atoms with E-state index in [0.717, 1.165) is 6.42 Å². The maximum atomic E-state index is 11.7. The predicted molar refractivity (Wildman–Crippen MR) is 82.4 cm³/mol. The summed E-state index contributed by atoms with van der Waals surface area (Å²) in [6.07, 6.45) is 1.28. The summed E-state index contributed by atoms with van der Waals surface area (Å²) in [5.41, 5.74) is 0.552. The van der Waals surface area contributed by atoms with Crippen molar-refractivity contribution in [1.29, 1.82) is 0 Å². The lowest BCUT2D eigenvalue weighted by Crippen LogP contribution is -2.37. The third-order valence-electron chi connectivity index (χ3n) is 2.71. The quantitative estimate of drug-likeness (QED) is 0.875. The summed E-state index contributed by atoms with van der Waals surface area (Å²) in [6, 6.07) is 4.94. The van der Waals surface area contributed by atoms with E-state index in [2.05, 4.69) is 5.32 Å². The highest BCUT2D eigenvalue weighted by molar-refractivity contribution is 6.35. The van der Waals surface area contributed by atoms with Crippen LogP contribution < -0.4 is 10.2 Å². The summed E-state index contributed by atoms with van der Waals surface area (Å²) >= 11 is 12.0. The highest BCUT2D eigenvalue weighted by Gasteiger charge is 2.15. The number of halogens is 2. The molecule has 0 aliphatic heterocycles. The number of nitrogens with one attached hydrogen (secondary N) is 1. The van der Waals surface area contributed by atoms with Gasteiger partial charge in [-0.05, 0) is 24.6 Å². The van der Waals surface area contributed by atoms with Gasteiger partial charge in [0, 0.05) is 31.5 Å². The third-order valence-corrected chi connectivity index (χ3v) is 3.27. The SMILES string of the molecule is CCCC(=O)NCCN(C(C)=O)c1cc(Cl)ccc1Cl. The summed E-state index contributed by atoms with van der Waals surface area (Å²) in [4.78, 5) is 24.6. The van der Waals surface area contributed by atoms with Crippen molar-refractivity contribution in [2.24, 2.45) is 0 Å². The van der Waals surface area contributed by atoms with E-state index in [1.807, 2.05) is 6.92 Å². The van der Waals surface area contributed by atoms with Crippen LogP contribution in [0.3, 0.4) is 0 Å². The molecule has 0 unspecified atom stereocenters. The molecule has 0 atom stereocenters. The van der Waals surface area contributed by atoms with Gasteiger partial charge in [0.05, 0.1) is 10.7 Å². The van der Waals surface area contributed by atoms with E-state index < -0.39 is 0 Å². The Morgan fingerprint density at radius 2 is 2.00 bits per heavy atom. The minimum atomic E-state index is -0.154. The van der Waals surface area contributed by atoms with Crippen LogP contribution in [-0.2, 0) is 9.59 Å². The van der Waals surface area contributed by atoms with E-state index in [0.29, 0.717) is 35.2 Å². The predicted octanol–water partition coefficient (Wildman–Crippen LogP) is 3.26. The molecule has 6 heteroatoms. The van der Waals surface area contributed by atoms with Gasteiger partial charge in [-0.25, -0.2) is 0 Å². The van der Waals surface area contributed by atoms with Crippen LogP contribution in [-0.4, -0.2) is 24.9 Å². The van der Waals surface area contributed by atoms with Crippen LogP contribution in [0.2, 0.25) is 10.0 Å². The molecular weight excluding hydrogens is 299 g/mol. The van der Waals surface area contributed by atoms with Gasteiger partial charge in [-0.15, -0.1) is 0 Å². The van der Waals surface area contributed by atoms with Crippen LogP contribution in [0.25, 0.3) is 0 Å². The number of hydrogen-bond donors (Lipinski definition) is 1. The molecular formula is C14H18Cl2N2O2. The lowest BCUT2D eigenvalue weighted by atomic mass is 10.2. The molecule has 0 saturated heterocycles. The minimum Gasteiger partial charge on any atom is -0.354 e. The van der Waals surface area contributed by atoms with Crippen molar-refractivity contribution in [2.45, 2.75) is 26.7 Å². The number of carbonyl (C=O) groups is 2.